The Labute approximate surface area is 112 Å². The van der Waals surface area contributed by atoms with Crippen molar-refractivity contribution < 1.29 is 4.79 Å². The van der Waals surface area contributed by atoms with Crippen LogP contribution in [0.2, 0.25) is 0 Å². The van der Waals surface area contributed by atoms with Crippen LogP contribution >= 0.6 is 11.3 Å². The fourth-order valence-electron chi connectivity index (χ4n) is 2.46. The number of aryl methyl sites for hydroxylation is 1. The van der Waals surface area contributed by atoms with Gasteiger partial charge in [-0.2, -0.15) is 5.26 Å². The molecule has 1 aromatic heterocycles. The topological polar surface area (TPSA) is 52.9 Å². The van der Waals surface area contributed by atoms with Gasteiger partial charge in [0.2, 0.25) is 5.91 Å². The molecule has 0 aliphatic heterocycles. The van der Waals surface area contributed by atoms with E-state index in [0.717, 1.165) is 19.3 Å². The molecule has 1 aliphatic rings. The summed E-state index contributed by atoms with van der Waals surface area (Å²) in [5, 5.41) is 14.3. The van der Waals surface area contributed by atoms with Gasteiger partial charge in [0.25, 0.3) is 0 Å². The molecule has 1 heterocycles. The molecule has 4 heteroatoms. The van der Waals surface area contributed by atoms with Crippen LogP contribution in [0.1, 0.15) is 42.5 Å². The van der Waals surface area contributed by atoms with Crippen LogP contribution in [0.3, 0.4) is 0 Å². The smallest absolute Gasteiger partial charge is 0.240 e. The molecule has 1 amide bonds. The average Bonchev–Trinajstić information content (AvgIpc) is 2.82. The second-order valence-corrected chi connectivity index (χ2v) is 5.96. The minimum absolute atomic E-state index is 0.0856. The van der Waals surface area contributed by atoms with Gasteiger partial charge in [-0.3, -0.25) is 4.79 Å². The third-order valence-corrected chi connectivity index (χ3v) is 4.76. The Morgan fingerprint density at radius 3 is 2.78 bits per heavy atom. The average molecular weight is 262 g/mol. The predicted molar refractivity (Wildman–Crippen MR) is 72.0 cm³/mol. The van der Waals surface area contributed by atoms with Crippen molar-refractivity contribution >= 4 is 17.2 Å². The van der Waals surface area contributed by atoms with Gasteiger partial charge in [-0.25, -0.2) is 0 Å². The van der Waals surface area contributed by atoms with E-state index in [-0.39, 0.29) is 5.91 Å². The number of carbonyl (C=O) groups excluding carboxylic acids is 1. The van der Waals surface area contributed by atoms with Gasteiger partial charge < -0.3 is 5.32 Å². The molecule has 2 rings (SSSR count). The van der Waals surface area contributed by atoms with Crippen molar-refractivity contribution in [2.75, 3.05) is 0 Å². The van der Waals surface area contributed by atoms with Crippen molar-refractivity contribution in [3.63, 3.8) is 0 Å². The van der Waals surface area contributed by atoms with Crippen molar-refractivity contribution in [1.82, 2.24) is 5.32 Å². The molecular weight excluding hydrogens is 244 g/mol. The molecular formula is C14H18N2OS. The van der Waals surface area contributed by atoms with Crippen LogP contribution in [0.25, 0.3) is 0 Å². The SMILES string of the molecule is Cc1ccsc1CNC(=O)C1(C#N)CCCCC1. The molecule has 1 aliphatic carbocycles. The Bertz CT molecular complexity index is 466. The summed E-state index contributed by atoms with van der Waals surface area (Å²) >= 11 is 1.65. The lowest BCUT2D eigenvalue weighted by Gasteiger charge is -2.29. The second kappa shape index (κ2) is 5.53. The van der Waals surface area contributed by atoms with Gasteiger partial charge in [0.15, 0.2) is 0 Å². The summed E-state index contributed by atoms with van der Waals surface area (Å²) in [6.07, 6.45) is 4.52. The molecule has 0 spiro atoms. The standard InChI is InChI=1S/C14H18N2OS/c1-11-5-8-18-12(11)9-16-13(17)14(10-15)6-3-2-4-7-14/h5,8H,2-4,6-7,9H2,1H3,(H,16,17). The van der Waals surface area contributed by atoms with Crippen molar-refractivity contribution in [3.8, 4) is 6.07 Å². The van der Waals surface area contributed by atoms with Crippen LogP contribution in [0.4, 0.5) is 0 Å². The quantitative estimate of drug-likeness (QED) is 0.909. The zero-order valence-corrected chi connectivity index (χ0v) is 11.5. The molecule has 3 nitrogen and oxygen atoms in total. The maximum absolute atomic E-state index is 12.2. The summed E-state index contributed by atoms with van der Waals surface area (Å²) < 4.78 is 0. The third kappa shape index (κ3) is 2.56. The highest BCUT2D eigenvalue weighted by Crippen LogP contribution is 2.36. The normalized spacial score (nSPS) is 18.0. The van der Waals surface area contributed by atoms with Gasteiger partial charge in [-0.15, -0.1) is 11.3 Å². The first-order chi connectivity index (χ1) is 8.68. The van der Waals surface area contributed by atoms with Crippen LogP contribution in [0.5, 0.6) is 0 Å². The van der Waals surface area contributed by atoms with Crippen molar-refractivity contribution in [2.24, 2.45) is 5.41 Å². The third-order valence-electron chi connectivity index (χ3n) is 3.73. The fraction of sp³-hybridized carbons (Fsp3) is 0.571. The molecule has 1 N–H and O–H groups in total. The largest absolute Gasteiger partial charge is 0.350 e. The zero-order valence-electron chi connectivity index (χ0n) is 10.7. The number of hydrogen-bond donors (Lipinski definition) is 1. The van der Waals surface area contributed by atoms with E-state index >= 15 is 0 Å². The van der Waals surface area contributed by atoms with E-state index in [9.17, 15) is 10.1 Å². The summed E-state index contributed by atoms with van der Waals surface area (Å²) in [5.74, 6) is -0.0856. The summed E-state index contributed by atoms with van der Waals surface area (Å²) in [4.78, 5) is 13.4. The molecule has 96 valence electrons. The van der Waals surface area contributed by atoms with Gasteiger partial charge in [0.05, 0.1) is 12.6 Å². The van der Waals surface area contributed by atoms with E-state index in [0.29, 0.717) is 19.4 Å². The Hall–Kier alpha value is -1.34. The van der Waals surface area contributed by atoms with E-state index in [1.54, 1.807) is 11.3 Å². The van der Waals surface area contributed by atoms with E-state index < -0.39 is 5.41 Å². The number of carbonyl (C=O) groups is 1. The molecule has 0 radical (unpaired) electrons. The van der Waals surface area contributed by atoms with Gasteiger partial charge in [0, 0.05) is 4.88 Å². The monoisotopic (exact) mass is 262 g/mol. The number of rotatable bonds is 3. The highest BCUT2D eigenvalue weighted by atomic mass is 32.1. The number of nitriles is 1. The number of hydrogen-bond acceptors (Lipinski definition) is 3. The van der Waals surface area contributed by atoms with Gasteiger partial charge in [-0.1, -0.05) is 19.3 Å². The maximum Gasteiger partial charge on any atom is 0.240 e. The van der Waals surface area contributed by atoms with Crippen molar-refractivity contribution in [3.05, 3.63) is 21.9 Å². The lowest BCUT2D eigenvalue weighted by molar-refractivity contribution is -0.129. The number of amides is 1. The molecule has 0 bridgehead atoms. The minimum atomic E-state index is -0.774. The van der Waals surface area contributed by atoms with E-state index in [1.807, 2.05) is 18.4 Å². The Morgan fingerprint density at radius 1 is 1.50 bits per heavy atom. The fourth-order valence-corrected chi connectivity index (χ4v) is 3.31. The van der Waals surface area contributed by atoms with Crippen LogP contribution in [0.15, 0.2) is 11.4 Å². The van der Waals surface area contributed by atoms with E-state index in [1.165, 1.54) is 10.4 Å². The lowest BCUT2D eigenvalue weighted by atomic mass is 9.74. The molecule has 1 aromatic rings. The van der Waals surface area contributed by atoms with Crippen molar-refractivity contribution in [1.29, 1.82) is 5.26 Å². The molecule has 18 heavy (non-hydrogen) atoms. The lowest BCUT2D eigenvalue weighted by Crippen LogP contribution is -2.41. The Morgan fingerprint density at radius 2 is 2.22 bits per heavy atom. The molecule has 1 fully saturated rings. The zero-order chi connectivity index (χ0) is 13.0. The van der Waals surface area contributed by atoms with Crippen LogP contribution in [-0.4, -0.2) is 5.91 Å². The predicted octanol–water partition coefficient (Wildman–Crippen LogP) is 3.15. The summed E-state index contributed by atoms with van der Waals surface area (Å²) in [7, 11) is 0. The Balaban J connectivity index is 1.99. The highest BCUT2D eigenvalue weighted by molar-refractivity contribution is 7.10. The van der Waals surface area contributed by atoms with Crippen LogP contribution in [0, 0.1) is 23.7 Å². The minimum Gasteiger partial charge on any atom is -0.350 e. The molecule has 1 saturated carbocycles. The first-order valence-corrected chi connectivity index (χ1v) is 7.28. The van der Waals surface area contributed by atoms with E-state index in [4.69, 9.17) is 0 Å². The number of nitrogens with one attached hydrogen (secondary N) is 1. The molecule has 0 aromatic carbocycles. The van der Waals surface area contributed by atoms with Gasteiger partial charge in [0.1, 0.15) is 5.41 Å². The number of nitrogens with zero attached hydrogens (tertiary/aromatic N) is 1. The summed E-state index contributed by atoms with van der Waals surface area (Å²) in [6.45, 7) is 2.59. The Kier molecular flexibility index (Phi) is 4.03. The summed E-state index contributed by atoms with van der Waals surface area (Å²) in [5.41, 5.74) is 0.429. The molecule has 0 saturated heterocycles. The molecule has 0 atom stereocenters. The van der Waals surface area contributed by atoms with Gasteiger partial charge in [-0.05, 0) is 36.8 Å². The van der Waals surface area contributed by atoms with Crippen LogP contribution < -0.4 is 5.32 Å². The maximum atomic E-state index is 12.2. The second-order valence-electron chi connectivity index (χ2n) is 4.96. The first-order valence-electron chi connectivity index (χ1n) is 6.40. The van der Waals surface area contributed by atoms with E-state index in [2.05, 4.69) is 11.4 Å². The molecule has 0 unspecified atom stereocenters. The van der Waals surface area contributed by atoms with Crippen molar-refractivity contribution in [2.45, 2.75) is 45.6 Å². The summed E-state index contributed by atoms with van der Waals surface area (Å²) in [6, 6.07) is 4.30. The number of thiophene rings is 1. The van der Waals surface area contributed by atoms with Gasteiger partial charge >= 0.3 is 0 Å². The van der Waals surface area contributed by atoms with Crippen LogP contribution in [-0.2, 0) is 11.3 Å². The highest BCUT2D eigenvalue weighted by Gasteiger charge is 2.39. The first kappa shape index (κ1) is 13.1.